The fourth-order valence-corrected chi connectivity index (χ4v) is 2.35. The molecule has 0 bridgehead atoms. The molecule has 7 heteroatoms. The van der Waals surface area contributed by atoms with Crippen LogP contribution in [0.3, 0.4) is 0 Å². The first-order valence-electron chi connectivity index (χ1n) is 9.65. The van der Waals surface area contributed by atoms with Crippen LogP contribution >= 0.6 is 0 Å². The molecule has 1 aromatic rings. The lowest BCUT2D eigenvalue weighted by atomic mass is 10.1. The van der Waals surface area contributed by atoms with Gasteiger partial charge in [0.05, 0.1) is 18.7 Å². The third kappa shape index (κ3) is 10.2. The average Bonchev–Trinajstić information content (AvgIpc) is 2.56. The Morgan fingerprint density at radius 2 is 1.64 bits per heavy atom. The highest BCUT2D eigenvalue weighted by Gasteiger charge is 2.24. The molecule has 1 amide bonds. The third-order valence-electron chi connectivity index (χ3n) is 3.64. The number of nitrogens with one attached hydrogen (secondary N) is 3. The van der Waals surface area contributed by atoms with E-state index in [1.807, 2.05) is 53.7 Å². The average molecular weight is 393 g/mol. The second-order valence-corrected chi connectivity index (χ2v) is 8.31. The van der Waals surface area contributed by atoms with Gasteiger partial charge in [-0.2, -0.15) is 0 Å². The molecule has 0 heterocycles. The van der Waals surface area contributed by atoms with Crippen LogP contribution in [0, 0.1) is 0 Å². The molecular formula is C21H36N4O3. The van der Waals surface area contributed by atoms with Crippen molar-refractivity contribution >= 4 is 12.1 Å². The molecule has 7 nitrogen and oxygen atoms in total. The van der Waals surface area contributed by atoms with E-state index in [0.717, 1.165) is 17.7 Å². The number of aliphatic imine (C=N–C) groups is 1. The van der Waals surface area contributed by atoms with E-state index in [0.29, 0.717) is 25.7 Å². The molecule has 28 heavy (non-hydrogen) atoms. The lowest BCUT2D eigenvalue weighted by molar-refractivity contribution is 0.0474. The number of alkyl carbamates (subject to hydrolysis) is 1. The van der Waals surface area contributed by atoms with Gasteiger partial charge in [0.1, 0.15) is 5.60 Å². The van der Waals surface area contributed by atoms with E-state index in [9.17, 15) is 4.79 Å². The zero-order valence-corrected chi connectivity index (χ0v) is 18.3. The van der Waals surface area contributed by atoms with Crippen LogP contribution in [0.1, 0.15) is 52.7 Å². The second kappa shape index (κ2) is 10.9. The molecule has 0 radical (unpaired) electrons. The smallest absolute Gasteiger partial charge is 0.408 e. The molecule has 0 fully saturated rings. The van der Waals surface area contributed by atoms with Crippen molar-refractivity contribution in [1.29, 1.82) is 0 Å². The first-order valence-corrected chi connectivity index (χ1v) is 9.65. The van der Waals surface area contributed by atoms with E-state index in [4.69, 9.17) is 9.47 Å². The molecule has 0 aliphatic heterocycles. The highest BCUT2D eigenvalue weighted by molar-refractivity contribution is 5.80. The number of rotatable bonds is 8. The summed E-state index contributed by atoms with van der Waals surface area (Å²) in [5.41, 5.74) is 1.22. The van der Waals surface area contributed by atoms with Crippen LogP contribution in [0.5, 0.6) is 0 Å². The minimum Gasteiger partial charge on any atom is -0.444 e. The quantitative estimate of drug-likeness (QED) is 0.467. The van der Waals surface area contributed by atoms with Gasteiger partial charge in [-0.25, -0.2) is 9.79 Å². The fraction of sp³-hybridized carbons (Fsp3) is 0.619. The normalized spacial score (nSPS) is 12.5. The third-order valence-corrected chi connectivity index (χ3v) is 3.64. The second-order valence-electron chi connectivity index (χ2n) is 8.31. The van der Waals surface area contributed by atoms with Crippen LogP contribution in [0.25, 0.3) is 0 Å². The van der Waals surface area contributed by atoms with Crippen molar-refractivity contribution in [3.63, 3.8) is 0 Å². The van der Waals surface area contributed by atoms with Gasteiger partial charge in [0.2, 0.25) is 0 Å². The number of hydrogen-bond acceptors (Lipinski definition) is 4. The number of benzene rings is 1. The van der Waals surface area contributed by atoms with Crippen molar-refractivity contribution < 1.29 is 14.3 Å². The zero-order chi connectivity index (χ0) is 21.2. The molecule has 0 saturated carbocycles. The highest BCUT2D eigenvalue weighted by atomic mass is 16.6. The minimum atomic E-state index is -0.525. The Balaban J connectivity index is 2.62. The van der Waals surface area contributed by atoms with Crippen LogP contribution in [0.2, 0.25) is 0 Å². The van der Waals surface area contributed by atoms with Crippen molar-refractivity contribution in [2.24, 2.45) is 4.99 Å². The van der Waals surface area contributed by atoms with Gasteiger partial charge in [0, 0.05) is 20.2 Å². The molecule has 0 saturated heterocycles. The van der Waals surface area contributed by atoms with Gasteiger partial charge >= 0.3 is 6.09 Å². The Bertz CT molecular complexity index is 634. The molecule has 1 aromatic carbocycles. The molecular weight excluding hydrogens is 356 g/mol. The van der Waals surface area contributed by atoms with E-state index in [2.05, 4.69) is 33.1 Å². The van der Waals surface area contributed by atoms with E-state index in [1.165, 1.54) is 0 Å². The van der Waals surface area contributed by atoms with Crippen LogP contribution < -0.4 is 16.0 Å². The van der Waals surface area contributed by atoms with Crippen molar-refractivity contribution in [1.82, 2.24) is 16.0 Å². The number of methoxy groups -OCH3 is 1. The van der Waals surface area contributed by atoms with Gasteiger partial charge in [-0.15, -0.1) is 0 Å². The van der Waals surface area contributed by atoms with E-state index in [-0.39, 0.29) is 0 Å². The lowest BCUT2D eigenvalue weighted by Crippen LogP contribution is -2.54. The summed E-state index contributed by atoms with van der Waals surface area (Å²) in [6.07, 6.45) is -0.433. The summed E-state index contributed by atoms with van der Waals surface area (Å²) in [5, 5.41) is 9.39. The summed E-state index contributed by atoms with van der Waals surface area (Å²) in [7, 11) is 1.69. The van der Waals surface area contributed by atoms with Crippen LogP contribution in [-0.2, 0) is 22.6 Å². The molecule has 0 spiro atoms. The molecule has 0 atom stereocenters. The Morgan fingerprint density at radius 3 is 2.18 bits per heavy atom. The Kier molecular flexibility index (Phi) is 9.25. The van der Waals surface area contributed by atoms with E-state index >= 15 is 0 Å². The summed E-state index contributed by atoms with van der Waals surface area (Å²) >= 11 is 0. The van der Waals surface area contributed by atoms with Gasteiger partial charge in [-0.1, -0.05) is 24.3 Å². The van der Waals surface area contributed by atoms with Gasteiger partial charge in [0.25, 0.3) is 0 Å². The number of amides is 1. The Labute approximate surface area is 169 Å². The van der Waals surface area contributed by atoms with Crippen molar-refractivity contribution in [3.8, 4) is 0 Å². The predicted molar refractivity (Wildman–Crippen MR) is 113 cm³/mol. The number of hydrogen-bond donors (Lipinski definition) is 3. The number of ether oxygens (including phenoxy) is 2. The lowest BCUT2D eigenvalue weighted by Gasteiger charge is -2.29. The summed E-state index contributed by atoms with van der Waals surface area (Å²) in [5.74, 6) is 0.697. The first-order chi connectivity index (χ1) is 13.0. The largest absolute Gasteiger partial charge is 0.444 e. The molecule has 0 aromatic heterocycles. The zero-order valence-electron chi connectivity index (χ0n) is 18.3. The SMILES string of the molecule is CCNC(=NCc1ccc(COC)cc1)NCC(C)(C)NC(=O)OC(C)(C)C. The van der Waals surface area contributed by atoms with Crippen molar-refractivity contribution in [3.05, 3.63) is 35.4 Å². The summed E-state index contributed by atoms with van der Waals surface area (Å²) < 4.78 is 10.5. The highest BCUT2D eigenvalue weighted by Crippen LogP contribution is 2.09. The van der Waals surface area contributed by atoms with Gasteiger partial charge in [0.15, 0.2) is 5.96 Å². The predicted octanol–water partition coefficient (Wildman–Crippen LogP) is 3.19. The first kappa shape index (κ1) is 23.8. The summed E-state index contributed by atoms with van der Waals surface area (Å²) in [6, 6.07) is 8.19. The fourth-order valence-electron chi connectivity index (χ4n) is 2.35. The molecule has 0 aliphatic rings. The number of guanidine groups is 1. The standard InChI is InChI=1S/C21H36N4O3/c1-8-22-18(23-13-16-9-11-17(12-10-16)14-27-7)24-15-21(5,6)25-19(26)28-20(2,3)4/h9-12H,8,13-15H2,1-7H3,(H,25,26)(H2,22,23,24). The molecule has 3 N–H and O–H groups in total. The summed E-state index contributed by atoms with van der Waals surface area (Å²) in [6.45, 7) is 13.8. The number of carbonyl (C=O) groups excluding carboxylic acids is 1. The Hall–Kier alpha value is -2.28. The maximum absolute atomic E-state index is 12.0. The molecule has 0 unspecified atom stereocenters. The van der Waals surface area contributed by atoms with Crippen LogP contribution in [-0.4, -0.2) is 43.4 Å². The van der Waals surface area contributed by atoms with Crippen molar-refractivity contribution in [2.75, 3.05) is 20.2 Å². The Morgan fingerprint density at radius 1 is 1.04 bits per heavy atom. The van der Waals surface area contributed by atoms with Crippen LogP contribution in [0.4, 0.5) is 4.79 Å². The number of carbonyl (C=O) groups is 1. The van der Waals surface area contributed by atoms with Gasteiger partial charge < -0.3 is 25.4 Å². The van der Waals surface area contributed by atoms with E-state index < -0.39 is 17.2 Å². The van der Waals surface area contributed by atoms with E-state index in [1.54, 1.807) is 7.11 Å². The molecule has 1 rings (SSSR count). The molecule has 0 aliphatic carbocycles. The minimum absolute atomic E-state index is 0.433. The monoisotopic (exact) mass is 392 g/mol. The maximum atomic E-state index is 12.0. The number of nitrogens with zero attached hydrogens (tertiary/aromatic N) is 1. The topological polar surface area (TPSA) is 84.0 Å². The maximum Gasteiger partial charge on any atom is 0.408 e. The van der Waals surface area contributed by atoms with Crippen LogP contribution in [0.15, 0.2) is 29.3 Å². The summed E-state index contributed by atoms with van der Waals surface area (Å²) in [4.78, 5) is 16.6. The van der Waals surface area contributed by atoms with Crippen molar-refractivity contribution in [2.45, 2.75) is 65.8 Å². The van der Waals surface area contributed by atoms with Gasteiger partial charge in [-0.3, -0.25) is 0 Å². The molecule has 158 valence electrons. The van der Waals surface area contributed by atoms with Gasteiger partial charge in [-0.05, 0) is 52.7 Å².